The van der Waals surface area contributed by atoms with Gasteiger partial charge in [-0.1, -0.05) is 91.4 Å². The first kappa shape index (κ1) is 34.9. The number of rotatable bonds is 6. The minimum absolute atomic E-state index is 0. The van der Waals surface area contributed by atoms with Gasteiger partial charge in [-0.2, -0.15) is 11.1 Å². The van der Waals surface area contributed by atoms with Crippen LogP contribution in [0, 0.1) is 28.7 Å². The van der Waals surface area contributed by atoms with Gasteiger partial charge in [-0.05, 0) is 0 Å². The molecule has 0 amide bonds. The number of fused-ring (bicyclic) bond motifs is 2. The van der Waals surface area contributed by atoms with Gasteiger partial charge >= 0.3 is 26.2 Å². The number of hydrogen-bond acceptors (Lipinski definition) is 0. The quantitative estimate of drug-likeness (QED) is 0.166. The van der Waals surface area contributed by atoms with E-state index in [9.17, 15) is 0 Å². The van der Waals surface area contributed by atoms with E-state index in [4.69, 9.17) is 0 Å². The van der Waals surface area contributed by atoms with Gasteiger partial charge in [-0.15, -0.1) is 81.2 Å². The molecule has 0 aliphatic carbocycles. The summed E-state index contributed by atoms with van der Waals surface area (Å²) in [5, 5.41) is 5.71. The molecule has 0 aliphatic rings. The van der Waals surface area contributed by atoms with Gasteiger partial charge in [0.25, 0.3) is 0 Å². The van der Waals surface area contributed by atoms with Crippen molar-refractivity contribution in [3.8, 4) is 0 Å². The number of aryl methyl sites for hydroxylation is 4. The predicted molar refractivity (Wildman–Crippen MR) is 156 cm³/mol. The van der Waals surface area contributed by atoms with E-state index < -0.39 is 0 Å². The maximum atomic E-state index is 2.31. The van der Waals surface area contributed by atoms with E-state index in [1.165, 1.54) is 71.2 Å². The summed E-state index contributed by atoms with van der Waals surface area (Å²) in [6.07, 6.45) is 7.62. The van der Waals surface area contributed by atoms with Crippen LogP contribution < -0.4 is 0 Å². The van der Waals surface area contributed by atoms with Crippen molar-refractivity contribution < 1.29 is 26.2 Å². The van der Waals surface area contributed by atoms with Gasteiger partial charge in [0.1, 0.15) is 0 Å². The van der Waals surface area contributed by atoms with Crippen LogP contribution in [0.1, 0.15) is 61.8 Å². The third kappa shape index (κ3) is 9.79. The molecule has 182 valence electrons. The third-order valence-electron chi connectivity index (χ3n) is 5.83. The molecule has 0 heterocycles. The Morgan fingerprint density at radius 2 is 0.971 bits per heavy atom. The van der Waals surface area contributed by atoms with Gasteiger partial charge < -0.3 is 14.9 Å². The minimum atomic E-state index is 0. The summed E-state index contributed by atoms with van der Waals surface area (Å²) in [6.45, 7) is 13.3. The SMILES string of the molecule is CCCCc1c(C)[cH-]c2ccccc12.CCCCc1c(C)[cH-]c2ccccc12.C[Si]C.[CH3-].[CH3-].[Zr+4]. The molecule has 4 aromatic carbocycles. The van der Waals surface area contributed by atoms with Gasteiger partial charge in [0.2, 0.25) is 0 Å². The standard InChI is InChI=1S/2C14H17.C2H6Si.2CH3.Zr/c2*1-3-4-8-13-11(2)10-12-7-5-6-9-14(12)13;1-3-2;;;/h2*5-7,9-10H,3-4,8H2,1-2H3;1-2H3;2*1H3;/q2*-1;;2*-1;+4. The second-order valence-corrected chi connectivity index (χ2v) is 9.49. The van der Waals surface area contributed by atoms with Crippen molar-refractivity contribution in [3.05, 3.63) is 97.8 Å². The van der Waals surface area contributed by atoms with Gasteiger partial charge in [0.15, 0.2) is 0 Å². The molecule has 0 spiro atoms. The Bertz CT molecular complexity index is 954. The topological polar surface area (TPSA) is 0 Å². The predicted octanol–water partition coefficient (Wildman–Crippen LogP) is 10.1. The zero-order valence-electron chi connectivity index (χ0n) is 23.0. The Balaban J connectivity index is 0. The van der Waals surface area contributed by atoms with Crippen LogP contribution in [0.3, 0.4) is 0 Å². The Morgan fingerprint density at radius 3 is 1.29 bits per heavy atom. The third-order valence-corrected chi connectivity index (χ3v) is 5.83. The Kier molecular flexibility index (Phi) is 19.5. The molecule has 0 nitrogen and oxygen atoms in total. The summed E-state index contributed by atoms with van der Waals surface area (Å²) in [4.78, 5) is 0. The maximum absolute atomic E-state index is 2.31. The Hall–Kier alpha value is -1.24. The molecule has 0 aliphatic heterocycles. The van der Waals surface area contributed by atoms with Crippen molar-refractivity contribution in [2.24, 2.45) is 0 Å². The molecule has 0 atom stereocenters. The van der Waals surface area contributed by atoms with Gasteiger partial charge in [-0.25, -0.2) is 0 Å². The van der Waals surface area contributed by atoms with Crippen molar-refractivity contribution in [1.82, 2.24) is 0 Å². The van der Waals surface area contributed by atoms with Crippen molar-refractivity contribution in [2.75, 3.05) is 0 Å². The van der Waals surface area contributed by atoms with E-state index in [1.54, 1.807) is 11.1 Å². The zero-order chi connectivity index (χ0) is 22.6. The summed E-state index contributed by atoms with van der Waals surface area (Å²) in [7, 11) is 1.08. The molecule has 2 radical (unpaired) electrons. The fraction of sp³-hybridized carbons (Fsp3) is 0.375. The normalized spacial score (nSPS) is 9.59. The van der Waals surface area contributed by atoms with E-state index in [2.05, 4.69) is 101 Å². The maximum Gasteiger partial charge on any atom is 4.00 e. The summed E-state index contributed by atoms with van der Waals surface area (Å²) < 4.78 is 0. The van der Waals surface area contributed by atoms with Crippen molar-refractivity contribution >= 4 is 31.1 Å². The Labute approximate surface area is 233 Å². The second kappa shape index (κ2) is 19.0. The van der Waals surface area contributed by atoms with Crippen LogP contribution in [-0.2, 0) is 39.0 Å². The largest absolute Gasteiger partial charge is 4.00 e. The van der Waals surface area contributed by atoms with E-state index in [0.29, 0.717) is 0 Å². The number of benzene rings is 2. The molecule has 4 aromatic rings. The van der Waals surface area contributed by atoms with Crippen molar-refractivity contribution in [1.29, 1.82) is 0 Å². The fourth-order valence-corrected chi connectivity index (χ4v) is 4.23. The van der Waals surface area contributed by atoms with Crippen LogP contribution in [0.25, 0.3) is 21.5 Å². The first-order valence-corrected chi connectivity index (χ1v) is 13.9. The first-order chi connectivity index (χ1) is 15.1. The molecule has 0 bridgehead atoms. The molecule has 34 heavy (non-hydrogen) atoms. The van der Waals surface area contributed by atoms with Gasteiger partial charge in [0, 0.05) is 9.52 Å². The van der Waals surface area contributed by atoms with Crippen molar-refractivity contribution in [2.45, 2.75) is 79.3 Å². The average Bonchev–Trinajstić information content (AvgIpc) is 3.26. The summed E-state index contributed by atoms with van der Waals surface area (Å²) >= 11 is 0. The van der Waals surface area contributed by atoms with E-state index in [-0.39, 0.29) is 41.1 Å². The van der Waals surface area contributed by atoms with Gasteiger partial charge in [-0.3, -0.25) is 0 Å². The average molecular weight is 550 g/mol. The molecule has 0 fully saturated rings. The first-order valence-electron chi connectivity index (χ1n) is 11.9. The van der Waals surface area contributed by atoms with Crippen LogP contribution in [0.15, 0.2) is 60.7 Å². The number of unbranched alkanes of at least 4 members (excludes halogenated alkanes) is 2. The van der Waals surface area contributed by atoms with Gasteiger partial charge in [0.05, 0.1) is 0 Å². The molecule has 0 saturated heterocycles. The molecule has 0 saturated carbocycles. The Morgan fingerprint density at radius 1 is 0.647 bits per heavy atom. The van der Waals surface area contributed by atoms with E-state index >= 15 is 0 Å². The van der Waals surface area contributed by atoms with Crippen LogP contribution in [0.5, 0.6) is 0 Å². The molecule has 4 rings (SSSR count). The summed E-state index contributed by atoms with van der Waals surface area (Å²) in [5.74, 6) is 0. The van der Waals surface area contributed by atoms with Crippen LogP contribution in [0.2, 0.25) is 13.1 Å². The molecule has 0 N–H and O–H groups in total. The van der Waals surface area contributed by atoms with Crippen LogP contribution >= 0.6 is 0 Å². The monoisotopic (exact) mass is 548 g/mol. The van der Waals surface area contributed by atoms with Crippen LogP contribution in [-0.4, -0.2) is 9.52 Å². The summed E-state index contributed by atoms with van der Waals surface area (Å²) in [5.41, 5.74) is 6.03. The summed E-state index contributed by atoms with van der Waals surface area (Å²) in [6, 6.07) is 22.0. The number of hydrogen-bond donors (Lipinski definition) is 0. The second-order valence-electron chi connectivity index (χ2n) is 8.49. The smallest absolute Gasteiger partial charge is 0.358 e. The molecular weight excluding hydrogens is 504 g/mol. The van der Waals surface area contributed by atoms with E-state index in [0.717, 1.165) is 9.52 Å². The molecule has 0 unspecified atom stereocenters. The van der Waals surface area contributed by atoms with E-state index in [1.807, 2.05) is 0 Å². The van der Waals surface area contributed by atoms with Crippen LogP contribution in [0.4, 0.5) is 0 Å². The molecule has 2 heteroatoms. The molecule has 0 aromatic heterocycles. The van der Waals surface area contributed by atoms with Crippen molar-refractivity contribution in [3.63, 3.8) is 0 Å². The fourth-order valence-electron chi connectivity index (χ4n) is 4.23. The minimum Gasteiger partial charge on any atom is -0.358 e. The molecular formula is C32H46SiZr. The zero-order valence-corrected chi connectivity index (χ0v) is 26.5.